The molecular weight excluding hydrogens is 242 g/mol. The highest BCUT2D eigenvalue weighted by molar-refractivity contribution is 5.68. The van der Waals surface area contributed by atoms with Crippen LogP contribution in [0.15, 0.2) is 29.1 Å². The van der Waals surface area contributed by atoms with E-state index >= 15 is 0 Å². The number of benzene rings is 1. The average molecular weight is 259 g/mol. The lowest BCUT2D eigenvalue weighted by atomic mass is 10.0. The van der Waals surface area contributed by atoms with Crippen LogP contribution in [-0.2, 0) is 0 Å². The minimum atomic E-state index is -0.346. The van der Waals surface area contributed by atoms with Crippen LogP contribution in [0.25, 0.3) is 11.3 Å². The molecule has 1 unspecified atom stereocenters. The summed E-state index contributed by atoms with van der Waals surface area (Å²) in [5.74, 6) is 0.709. The van der Waals surface area contributed by atoms with Crippen LogP contribution in [0.5, 0.6) is 5.75 Å². The molecule has 2 rings (SSSR count). The molecule has 0 spiro atoms. The summed E-state index contributed by atoms with van der Waals surface area (Å²) in [6.45, 7) is 3.75. The Balaban J connectivity index is 2.62. The zero-order valence-electron chi connectivity index (χ0n) is 11.2. The van der Waals surface area contributed by atoms with Crippen LogP contribution in [-0.4, -0.2) is 17.3 Å². The fraction of sp³-hybridized carbons (Fsp3) is 0.286. The molecule has 19 heavy (non-hydrogen) atoms. The molecular formula is C14H17N3O2. The molecule has 1 atom stereocenters. The van der Waals surface area contributed by atoms with Gasteiger partial charge in [-0.25, -0.2) is 5.10 Å². The number of hydrogen-bond donors (Lipinski definition) is 2. The van der Waals surface area contributed by atoms with Crippen molar-refractivity contribution in [1.29, 1.82) is 0 Å². The summed E-state index contributed by atoms with van der Waals surface area (Å²) in [7, 11) is 1.60. The van der Waals surface area contributed by atoms with Crippen molar-refractivity contribution in [3.63, 3.8) is 0 Å². The van der Waals surface area contributed by atoms with Crippen molar-refractivity contribution in [2.45, 2.75) is 19.9 Å². The minimum Gasteiger partial charge on any atom is -0.496 e. The second kappa shape index (κ2) is 5.24. The molecule has 1 aromatic carbocycles. The number of nitrogens with zero attached hydrogens (tertiary/aromatic N) is 1. The Bertz CT molecular complexity index is 647. The third-order valence-corrected chi connectivity index (χ3v) is 2.95. The van der Waals surface area contributed by atoms with Gasteiger partial charge in [0.2, 0.25) is 0 Å². The summed E-state index contributed by atoms with van der Waals surface area (Å²) in [6.07, 6.45) is 0. The molecule has 5 heteroatoms. The highest BCUT2D eigenvalue weighted by Crippen LogP contribution is 2.29. The summed E-state index contributed by atoms with van der Waals surface area (Å²) >= 11 is 0. The molecule has 0 fully saturated rings. The molecule has 0 radical (unpaired) electrons. The Morgan fingerprint density at radius 3 is 2.74 bits per heavy atom. The standard InChI is InChI=1S/C14H17N3O2/c1-8-4-5-13(19-3)11(6-8)12-7-10(9(2)15)14(18)17-16-12/h4-7,9H,15H2,1-3H3,(H,17,18). The monoisotopic (exact) mass is 259 g/mol. The summed E-state index contributed by atoms with van der Waals surface area (Å²) in [5, 5.41) is 6.55. The van der Waals surface area contributed by atoms with Gasteiger partial charge in [-0.3, -0.25) is 4.79 Å². The van der Waals surface area contributed by atoms with Crippen LogP contribution in [0.2, 0.25) is 0 Å². The topological polar surface area (TPSA) is 81.0 Å². The normalized spacial score (nSPS) is 12.2. The van der Waals surface area contributed by atoms with Crippen LogP contribution in [0.3, 0.4) is 0 Å². The predicted octanol–water partition coefficient (Wildman–Crippen LogP) is 1.77. The number of H-pyrrole nitrogens is 1. The molecule has 0 aliphatic rings. The molecule has 0 saturated carbocycles. The number of methoxy groups -OCH3 is 1. The van der Waals surface area contributed by atoms with Gasteiger partial charge in [0.15, 0.2) is 0 Å². The van der Waals surface area contributed by atoms with Crippen molar-refractivity contribution in [2.24, 2.45) is 5.73 Å². The highest BCUT2D eigenvalue weighted by atomic mass is 16.5. The van der Waals surface area contributed by atoms with Crippen molar-refractivity contribution in [1.82, 2.24) is 10.2 Å². The van der Waals surface area contributed by atoms with Crippen molar-refractivity contribution >= 4 is 0 Å². The Morgan fingerprint density at radius 2 is 2.11 bits per heavy atom. The Morgan fingerprint density at radius 1 is 1.37 bits per heavy atom. The Kier molecular flexibility index (Phi) is 3.66. The van der Waals surface area contributed by atoms with Gasteiger partial charge < -0.3 is 10.5 Å². The number of ether oxygens (including phenoxy) is 1. The number of nitrogens with one attached hydrogen (secondary N) is 1. The largest absolute Gasteiger partial charge is 0.496 e. The molecule has 0 aliphatic heterocycles. The molecule has 1 heterocycles. The minimum absolute atomic E-state index is 0.259. The summed E-state index contributed by atoms with van der Waals surface area (Å²) in [6, 6.07) is 7.16. The van der Waals surface area contributed by atoms with Gasteiger partial charge in [-0.2, -0.15) is 5.10 Å². The van der Waals surface area contributed by atoms with Crippen LogP contribution in [0.4, 0.5) is 0 Å². The van der Waals surface area contributed by atoms with Gasteiger partial charge in [0, 0.05) is 17.2 Å². The van der Waals surface area contributed by atoms with Gasteiger partial charge in [0.25, 0.3) is 5.56 Å². The van der Waals surface area contributed by atoms with E-state index in [1.165, 1.54) is 0 Å². The molecule has 1 aromatic heterocycles. The number of aromatic amines is 1. The number of nitrogens with two attached hydrogens (primary N) is 1. The number of aryl methyl sites for hydroxylation is 1. The lowest BCUT2D eigenvalue weighted by Crippen LogP contribution is -2.20. The van der Waals surface area contributed by atoms with E-state index in [1.54, 1.807) is 20.1 Å². The van der Waals surface area contributed by atoms with E-state index in [-0.39, 0.29) is 11.6 Å². The van der Waals surface area contributed by atoms with E-state index < -0.39 is 0 Å². The lowest BCUT2D eigenvalue weighted by molar-refractivity contribution is 0.416. The van der Waals surface area contributed by atoms with Gasteiger partial charge >= 0.3 is 0 Å². The fourth-order valence-electron chi connectivity index (χ4n) is 1.92. The molecule has 0 aliphatic carbocycles. The lowest BCUT2D eigenvalue weighted by Gasteiger charge is -2.10. The van der Waals surface area contributed by atoms with Crippen molar-refractivity contribution < 1.29 is 4.74 Å². The van der Waals surface area contributed by atoms with E-state index in [0.29, 0.717) is 17.0 Å². The zero-order chi connectivity index (χ0) is 14.0. The van der Waals surface area contributed by atoms with E-state index in [4.69, 9.17) is 10.5 Å². The SMILES string of the molecule is COc1ccc(C)cc1-c1cc(C(C)N)c(=O)[nH]n1. The summed E-state index contributed by atoms with van der Waals surface area (Å²) in [4.78, 5) is 11.6. The maximum atomic E-state index is 11.6. The number of hydrogen-bond acceptors (Lipinski definition) is 4. The summed E-state index contributed by atoms with van der Waals surface area (Å²) in [5.41, 5.74) is 8.60. The van der Waals surface area contributed by atoms with Gasteiger partial charge in [-0.1, -0.05) is 11.6 Å². The fourth-order valence-corrected chi connectivity index (χ4v) is 1.92. The van der Waals surface area contributed by atoms with Gasteiger partial charge in [0.1, 0.15) is 5.75 Å². The third-order valence-electron chi connectivity index (χ3n) is 2.95. The van der Waals surface area contributed by atoms with E-state index in [9.17, 15) is 4.79 Å². The summed E-state index contributed by atoms with van der Waals surface area (Å²) < 4.78 is 5.32. The van der Waals surface area contributed by atoms with Crippen LogP contribution >= 0.6 is 0 Å². The van der Waals surface area contributed by atoms with E-state index in [1.807, 2.05) is 25.1 Å². The highest BCUT2D eigenvalue weighted by Gasteiger charge is 2.12. The van der Waals surface area contributed by atoms with Crippen molar-refractivity contribution in [3.8, 4) is 17.0 Å². The van der Waals surface area contributed by atoms with Crippen molar-refractivity contribution in [3.05, 3.63) is 45.7 Å². The van der Waals surface area contributed by atoms with Crippen molar-refractivity contribution in [2.75, 3.05) is 7.11 Å². The first kappa shape index (κ1) is 13.3. The molecule has 3 N–H and O–H groups in total. The molecule has 0 saturated heterocycles. The maximum absolute atomic E-state index is 11.6. The van der Waals surface area contributed by atoms with Crippen LogP contribution in [0.1, 0.15) is 24.1 Å². The van der Waals surface area contributed by atoms with Gasteiger partial charge in [0.05, 0.1) is 12.8 Å². The molecule has 0 bridgehead atoms. The molecule has 2 aromatic rings. The number of aromatic nitrogens is 2. The van der Waals surface area contributed by atoms with Crippen LogP contribution < -0.4 is 16.0 Å². The second-order valence-corrected chi connectivity index (χ2v) is 4.53. The zero-order valence-corrected chi connectivity index (χ0v) is 11.2. The smallest absolute Gasteiger partial charge is 0.268 e. The number of rotatable bonds is 3. The quantitative estimate of drug-likeness (QED) is 0.880. The first-order valence-corrected chi connectivity index (χ1v) is 6.03. The molecule has 0 amide bonds. The average Bonchev–Trinajstić information content (AvgIpc) is 2.39. The van der Waals surface area contributed by atoms with E-state index in [0.717, 1.165) is 11.1 Å². The van der Waals surface area contributed by atoms with Gasteiger partial charge in [-0.05, 0) is 32.0 Å². The maximum Gasteiger partial charge on any atom is 0.268 e. The first-order valence-electron chi connectivity index (χ1n) is 6.03. The van der Waals surface area contributed by atoms with Gasteiger partial charge in [-0.15, -0.1) is 0 Å². The second-order valence-electron chi connectivity index (χ2n) is 4.53. The third kappa shape index (κ3) is 2.66. The van der Waals surface area contributed by atoms with E-state index in [2.05, 4.69) is 10.2 Å². The molecule has 100 valence electrons. The molecule has 5 nitrogen and oxygen atoms in total. The van der Waals surface area contributed by atoms with Crippen LogP contribution in [0, 0.1) is 6.92 Å². The Hall–Kier alpha value is -2.14. The predicted molar refractivity (Wildman–Crippen MR) is 74.2 cm³/mol. The first-order chi connectivity index (χ1) is 9.02. The Labute approximate surface area is 111 Å².